The van der Waals surface area contributed by atoms with Gasteiger partial charge >= 0.3 is 0 Å². The number of carbonyl (C=O) groups excluding carboxylic acids is 1. The minimum atomic E-state index is -0.147. The number of imidazole rings is 1. The van der Waals surface area contributed by atoms with E-state index in [1.165, 1.54) is 0 Å². The molecule has 0 aliphatic carbocycles. The van der Waals surface area contributed by atoms with Crippen molar-refractivity contribution in [1.29, 1.82) is 0 Å². The number of benzene rings is 1. The normalized spacial score (nSPS) is 10.9. The molecular formula is C20H24N4O. The van der Waals surface area contributed by atoms with E-state index in [1.54, 1.807) is 0 Å². The summed E-state index contributed by atoms with van der Waals surface area (Å²) in [5, 5.41) is 2.98. The van der Waals surface area contributed by atoms with Crippen LogP contribution in [0.3, 0.4) is 0 Å². The summed E-state index contributed by atoms with van der Waals surface area (Å²) in [4.78, 5) is 19.6. The van der Waals surface area contributed by atoms with Gasteiger partial charge < -0.3 is 10.2 Å². The van der Waals surface area contributed by atoms with Gasteiger partial charge in [0.1, 0.15) is 11.3 Å². The van der Waals surface area contributed by atoms with Gasteiger partial charge in [0.25, 0.3) is 5.91 Å². The lowest BCUT2D eigenvalue weighted by molar-refractivity contribution is 0.102. The Morgan fingerprint density at radius 3 is 2.44 bits per heavy atom. The SMILES string of the molecule is CCN(CC)c1ccc(NC(=O)c2c(C)nc3c(C)cccn23)cc1. The first-order valence-electron chi connectivity index (χ1n) is 8.65. The number of aromatic nitrogens is 2. The van der Waals surface area contributed by atoms with Crippen molar-refractivity contribution < 1.29 is 4.79 Å². The summed E-state index contributed by atoms with van der Waals surface area (Å²) in [6, 6.07) is 11.9. The van der Waals surface area contributed by atoms with Crippen LogP contribution in [0.5, 0.6) is 0 Å². The Bertz CT molecular complexity index is 892. The third-order valence-electron chi connectivity index (χ3n) is 4.49. The number of amides is 1. The lowest BCUT2D eigenvalue weighted by Gasteiger charge is -2.21. The second-order valence-electron chi connectivity index (χ2n) is 6.10. The van der Waals surface area contributed by atoms with Crippen LogP contribution in [0, 0.1) is 13.8 Å². The van der Waals surface area contributed by atoms with Crippen molar-refractivity contribution in [3.8, 4) is 0 Å². The van der Waals surface area contributed by atoms with Crippen LogP contribution >= 0.6 is 0 Å². The van der Waals surface area contributed by atoms with Gasteiger partial charge in [-0.3, -0.25) is 9.20 Å². The molecule has 0 bridgehead atoms. The standard InChI is InChI=1S/C20H24N4O/c1-5-23(6-2)17-11-9-16(10-12-17)22-20(25)18-15(4)21-19-14(3)8-7-13-24(18)19/h7-13H,5-6H2,1-4H3,(H,22,25). The van der Waals surface area contributed by atoms with Crippen molar-refractivity contribution in [2.24, 2.45) is 0 Å². The van der Waals surface area contributed by atoms with E-state index in [2.05, 4.69) is 29.0 Å². The number of fused-ring (bicyclic) bond motifs is 1. The highest BCUT2D eigenvalue weighted by molar-refractivity contribution is 6.04. The van der Waals surface area contributed by atoms with Crippen molar-refractivity contribution >= 4 is 22.9 Å². The zero-order chi connectivity index (χ0) is 18.0. The highest BCUT2D eigenvalue weighted by Gasteiger charge is 2.17. The van der Waals surface area contributed by atoms with Crippen molar-refractivity contribution in [2.45, 2.75) is 27.7 Å². The highest BCUT2D eigenvalue weighted by atomic mass is 16.2. The lowest BCUT2D eigenvalue weighted by atomic mass is 10.2. The van der Waals surface area contributed by atoms with E-state index < -0.39 is 0 Å². The van der Waals surface area contributed by atoms with Gasteiger partial charge in [-0.2, -0.15) is 0 Å². The van der Waals surface area contributed by atoms with E-state index in [0.29, 0.717) is 5.69 Å². The zero-order valence-corrected chi connectivity index (χ0v) is 15.2. The van der Waals surface area contributed by atoms with E-state index in [9.17, 15) is 4.79 Å². The van der Waals surface area contributed by atoms with Crippen LogP contribution in [0.1, 0.15) is 35.6 Å². The smallest absolute Gasteiger partial charge is 0.274 e. The number of nitrogens with one attached hydrogen (secondary N) is 1. The number of hydrogen-bond acceptors (Lipinski definition) is 3. The van der Waals surface area contributed by atoms with Crippen LogP contribution < -0.4 is 10.2 Å². The molecule has 0 spiro atoms. The van der Waals surface area contributed by atoms with E-state index in [-0.39, 0.29) is 5.91 Å². The number of hydrogen-bond donors (Lipinski definition) is 1. The molecule has 5 heteroatoms. The van der Waals surface area contributed by atoms with E-state index in [0.717, 1.165) is 41.4 Å². The van der Waals surface area contributed by atoms with Crippen molar-refractivity contribution in [1.82, 2.24) is 9.38 Å². The molecule has 25 heavy (non-hydrogen) atoms. The van der Waals surface area contributed by atoms with Crippen LogP contribution in [-0.2, 0) is 0 Å². The molecule has 0 unspecified atom stereocenters. The number of aryl methyl sites for hydroxylation is 2. The fourth-order valence-corrected chi connectivity index (χ4v) is 3.13. The Morgan fingerprint density at radius 1 is 1.12 bits per heavy atom. The minimum absolute atomic E-state index is 0.147. The van der Waals surface area contributed by atoms with E-state index in [4.69, 9.17) is 0 Å². The first kappa shape index (κ1) is 17.0. The summed E-state index contributed by atoms with van der Waals surface area (Å²) >= 11 is 0. The van der Waals surface area contributed by atoms with E-state index >= 15 is 0 Å². The summed E-state index contributed by atoms with van der Waals surface area (Å²) in [6.45, 7) is 10.1. The first-order chi connectivity index (χ1) is 12.0. The molecule has 0 radical (unpaired) electrons. The number of rotatable bonds is 5. The van der Waals surface area contributed by atoms with Crippen LogP contribution in [0.4, 0.5) is 11.4 Å². The number of carbonyl (C=O) groups is 1. The summed E-state index contributed by atoms with van der Waals surface area (Å²) in [5.74, 6) is -0.147. The Balaban J connectivity index is 1.86. The Morgan fingerprint density at radius 2 is 1.80 bits per heavy atom. The number of nitrogens with zero attached hydrogens (tertiary/aromatic N) is 3. The van der Waals surface area contributed by atoms with Gasteiger partial charge in [0.15, 0.2) is 0 Å². The summed E-state index contributed by atoms with van der Waals surface area (Å²) in [6.07, 6.45) is 1.88. The van der Waals surface area contributed by atoms with Crippen LogP contribution in [0.15, 0.2) is 42.6 Å². The third-order valence-corrected chi connectivity index (χ3v) is 4.49. The Hall–Kier alpha value is -2.82. The molecule has 0 aliphatic rings. The minimum Gasteiger partial charge on any atom is -0.372 e. The highest BCUT2D eigenvalue weighted by Crippen LogP contribution is 2.20. The Kier molecular flexibility index (Phi) is 4.74. The van der Waals surface area contributed by atoms with Crippen LogP contribution in [-0.4, -0.2) is 28.4 Å². The third kappa shape index (κ3) is 3.22. The maximum Gasteiger partial charge on any atom is 0.274 e. The molecule has 3 aromatic rings. The monoisotopic (exact) mass is 336 g/mol. The average molecular weight is 336 g/mol. The van der Waals surface area contributed by atoms with Crippen LogP contribution in [0.25, 0.3) is 5.65 Å². The van der Waals surface area contributed by atoms with Gasteiger partial charge in [-0.25, -0.2) is 4.98 Å². The van der Waals surface area contributed by atoms with Crippen molar-refractivity contribution in [2.75, 3.05) is 23.3 Å². The van der Waals surface area contributed by atoms with Crippen molar-refractivity contribution in [3.63, 3.8) is 0 Å². The maximum atomic E-state index is 12.8. The zero-order valence-electron chi connectivity index (χ0n) is 15.2. The predicted octanol–water partition coefficient (Wildman–Crippen LogP) is 4.05. The molecule has 0 atom stereocenters. The first-order valence-corrected chi connectivity index (χ1v) is 8.65. The van der Waals surface area contributed by atoms with Gasteiger partial charge in [0, 0.05) is 30.7 Å². The summed E-state index contributed by atoms with van der Waals surface area (Å²) in [7, 11) is 0. The number of anilines is 2. The molecule has 1 N–H and O–H groups in total. The second kappa shape index (κ2) is 6.97. The predicted molar refractivity (Wildman–Crippen MR) is 103 cm³/mol. The average Bonchev–Trinajstić information content (AvgIpc) is 2.95. The molecule has 3 rings (SSSR count). The van der Waals surface area contributed by atoms with Gasteiger partial charge in [-0.15, -0.1) is 0 Å². The fraction of sp³-hybridized carbons (Fsp3) is 0.300. The van der Waals surface area contributed by atoms with Gasteiger partial charge in [-0.05, 0) is 63.6 Å². The molecule has 2 heterocycles. The quantitative estimate of drug-likeness (QED) is 0.765. The second-order valence-corrected chi connectivity index (χ2v) is 6.10. The lowest BCUT2D eigenvalue weighted by Crippen LogP contribution is -2.21. The molecule has 0 aliphatic heterocycles. The van der Waals surface area contributed by atoms with Gasteiger partial charge in [0.2, 0.25) is 0 Å². The van der Waals surface area contributed by atoms with Gasteiger partial charge in [-0.1, -0.05) is 6.07 Å². The van der Waals surface area contributed by atoms with E-state index in [1.807, 2.05) is 60.8 Å². The molecule has 2 aromatic heterocycles. The molecule has 1 aromatic carbocycles. The maximum absolute atomic E-state index is 12.8. The molecule has 0 saturated carbocycles. The van der Waals surface area contributed by atoms with Gasteiger partial charge in [0.05, 0.1) is 5.69 Å². The topological polar surface area (TPSA) is 49.6 Å². The van der Waals surface area contributed by atoms with Crippen LogP contribution in [0.2, 0.25) is 0 Å². The molecule has 1 amide bonds. The Labute approximate surface area is 148 Å². The molecule has 0 saturated heterocycles. The molecule has 130 valence electrons. The van der Waals surface area contributed by atoms with Crippen molar-refractivity contribution in [3.05, 3.63) is 59.5 Å². The molecule has 0 fully saturated rings. The largest absolute Gasteiger partial charge is 0.372 e. The molecule has 5 nitrogen and oxygen atoms in total. The summed E-state index contributed by atoms with van der Waals surface area (Å²) in [5.41, 5.74) is 5.11. The summed E-state index contributed by atoms with van der Waals surface area (Å²) < 4.78 is 1.85. The molecular weight excluding hydrogens is 312 g/mol. The number of pyridine rings is 1. The fourth-order valence-electron chi connectivity index (χ4n) is 3.13.